The smallest absolute Gasteiger partial charge is 0.232 e. The van der Waals surface area contributed by atoms with E-state index in [0.717, 1.165) is 10.7 Å². The van der Waals surface area contributed by atoms with Gasteiger partial charge in [-0.3, -0.25) is 9.78 Å². The number of carbonyl (C=O) groups excluding carboxylic acids is 1. The van der Waals surface area contributed by atoms with Gasteiger partial charge in [-0.25, -0.2) is 0 Å². The summed E-state index contributed by atoms with van der Waals surface area (Å²) in [6.45, 7) is 1.26. The summed E-state index contributed by atoms with van der Waals surface area (Å²) in [5.74, 6) is 0.363. The number of carbonyl (C=O) groups is 1. The third kappa shape index (κ3) is 4.02. The van der Waals surface area contributed by atoms with E-state index in [-0.39, 0.29) is 18.4 Å². The van der Waals surface area contributed by atoms with E-state index in [2.05, 4.69) is 25.4 Å². The lowest BCUT2D eigenvalue weighted by Crippen LogP contribution is -2.50. The highest BCUT2D eigenvalue weighted by molar-refractivity contribution is 7.15. The topological polar surface area (TPSA) is 91.2 Å². The predicted molar refractivity (Wildman–Crippen MR) is 101 cm³/mol. The van der Waals surface area contributed by atoms with E-state index < -0.39 is 0 Å². The van der Waals surface area contributed by atoms with Crippen molar-refractivity contribution in [1.82, 2.24) is 15.2 Å². The monoisotopic (exact) mass is 373 g/mol. The summed E-state index contributed by atoms with van der Waals surface area (Å²) in [5.41, 5.74) is 1.70. The number of rotatable bonds is 5. The molecule has 1 amide bonds. The lowest BCUT2D eigenvalue weighted by molar-refractivity contribution is -0.115. The number of amides is 1. The van der Waals surface area contributed by atoms with Gasteiger partial charge in [0.15, 0.2) is 0 Å². The molecule has 1 aliphatic carbocycles. The van der Waals surface area contributed by atoms with Crippen molar-refractivity contribution in [2.45, 2.75) is 50.5 Å². The number of pyridine rings is 1. The largest absolute Gasteiger partial charge is 0.389 e. The maximum absolute atomic E-state index is 12.3. The van der Waals surface area contributed by atoms with Gasteiger partial charge >= 0.3 is 0 Å². The minimum atomic E-state index is -0.259. The van der Waals surface area contributed by atoms with Gasteiger partial charge in [0.1, 0.15) is 5.01 Å². The molecule has 0 aromatic carbocycles. The van der Waals surface area contributed by atoms with Gasteiger partial charge in [0.05, 0.1) is 18.2 Å². The van der Waals surface area contributed by atoms with Crippen molar-refractivity contribution in [1.29, 1.82) is 0 Å². The zero-order valence-corrected chi connectivity index (χ0v) is 15.4. The Morgan fingerprint density at radius 1 is 1.27 bits per heavy atom. The molecule has 2 aromatic heterocycles. The average Bonchev–Trinajstić information content (AvgIpc) is 3.08. The van der Waals surface area contributed by atoms with E-state index in [1.807, 2.05) is 12.1 Å². The van der Waals surface area contributed by atoms with Crippen LogP contribution >= 0.6 is 11.3 Å². The second-order valence-corrected chi connectivity index (χ2v) is 8.08. The molecule has 4 rings (SSSR count). The average molecular weight is 373 g/mol. The Morgan fingerprint density at radius 3 is 2.85 bits per heavy atom. The Labute approximate surface area is 156 Å². The minimum absolute atomic E-state index is 0.135. The Morgan fingerprint density at radius 2 is 2.08 bits per heavy atom. The summed E-state index contributed by atoms with van der Waals surface area (Å²) in [4.78, 5) is 18.7. The predicted octanol–water partition coefficient (Wildman–Crippen LogP) is 2.34. The van der Waals surface area contributed by atoms with Crippen LogP contribution in [0.1, 0.15) is 48.7 Å². The van der Waals surface area contributed by atoms with Gasteiger partial charge in [0.2, 0.25) is 11.0 Å². The standard InChI is InChI=1S/C18H23N5O2S/c24-15-10-23(11-15)14-6-7-19-13(8-14)9-16(25)20-18-22-21-17(26-18)12-4-2-1-3-5-12/h6-8,12,15,24H,1-5,9-11H2,(H,20,22,25). The van der Waals surface area contributed by atoms with Crippen LogP contribution in [0, 0.1) is 0 Å². The fraction of sp³-hybridized carbons (Fsp3) is 0.556. The molecule has 1 aliphatic heterocycles. The van der Waals surface area contributed by atoms with Crippen molar-refractivity contribution in [2.24, 2.45) is 0 Å². The SMILES string of the molecule is O=C(Cc1cc(N2CC(O)C2)ccn1)Nc1nnc(C2CCCCC2)s1. The summed E-state index contributed by atoms with van der Waals surface area (Å²) >= 11 is 1.49. The minimum Gasteiger partial charge on any atom is -0.389 e. The fourth-order valence-corrected chi connectivity index (χ4v) is 4.48. The number of hydrogen-bond donors (Lipinski definition) is 2. The molecule has 1 saturated carbocycles. The lowest BCUT2D eigenvalue weighted by Gasteiger charge is -2.37. The molecule has 0 unspecified atom stereocenters. The number of β-amino-alcohol motifs (C(OH)–C–C–N with tert-alkyl or cyclic N) is 1. The highest BCUT2D eigenvalue weighted by Crippen LogP contribution is 2.35. The summed E-state index contributed by atoms with van der Waals surface area (Å²) in [6.07, 6.45) is 7.79. The van der Waals surface area contributed by atoms with Gasteiger partial charge in [0, 0.05) is 30.9 Å². The normalized spacial score (nSPS) is 18.6. The molecule has 1 saturated heterocycles. The van der Waals surface area contributed by atoms with Gasteiger partial charge in [-0.2, -0.15) is 0 Å². The van der Waals surface area contributed by atoms with Crippen molar-refractivity contribution < 1.29 is 9.90 Å². The van der Waals surface area contributed by atoms with E-state index in [4.69, 9.17) is 0 Å². The summed E-state index contributed by atoms with van der Waals surface area (Å²) in [5, 5.41) is 22.3. The Kier molecular flexibility index (Phi) is 5.12. The van der Waals surface area contributed by atoms with E-state index in [0.29, 0.717) is 29.8 Å². The fourth-order valence-electron chi connectivity index (χ4n) is 3.55. The number of aliphatic hydroxyl groups is 1. The highest BCUT2D eigenvalue weighted by atomic mass is 32.1. The van der Waals surface area contributed by atoms with E-state index in [9.17, 15) is 9.90 Å². The third-order valence-corrected chi connectivity index (χ3v) is 6.01. The number of nitrogens with zero attached hydrogens (tertiary/aromatic N) is 4. The van der Waals surface area contributed by atoms with Crippen LogP contribution in [0.5, 0.6) is 0 Å². The second-order valence-electron chi connectivity index (χ2n) is 7.07. The first-order chi connectivity index (χ1) is 12.7. The van der Waals surface area contributed by atoms with Crippen LogP contribution < -0.4 is 10.2 Å². The van der Waals surface area contributed by atoms with Crippen LogP contribution in [0.25, 0.3) is 0 Å². The van der Waals surface area contributed by atoms with Crippen LogP contribution in [-0.4, -0.2) is 45.4 Å². The molecule has 26 heavy (non-hydrogen) atoms. The summed E-state index contributed by atoms with van der Waals surface area (Å²) in [6, 6.07) is 3.80. The maximum Gasteiger partial charge on any atom is 0.232 e. The Bertz CT molecular complexity index is 768. The molecular formula is C18H23N5O2S. The van der Waals surface area contributed by atoms with Crippen molar-refractivity contribution >= 4 is 28.1 Å². The van der Waals surface area contributed by atoms with Crippen LogP contribution in [0.4, 0.5) is 10.8 Å². The van der Waals surface area contributed by atoms with Gasteiger partial charge in [-0.05, 0) is 25.0 Å². The van der Waals surface area contributed by atoms with Crippen molar-refractivity contribution in [2.75, 3.05) is 23.3 Å². The van der Waals surface area contributed by atoms with Crippen molar-refractivity contribution in [3.8, 4) is 0 Å². The molecule has 0 spiro atoms. The lowest BCUT2D eigenvalue weighted by atomic mass is 9.90. The van der Waals surface area contributed by atoms with Crippen molar-refractivity contribution in [3.63, 3.8) is 0 Å². The first-order valence-electron chi connectivity index (χ1n) is 9.18. The van der Waals surface area contributed by atoms with Gasteiger partial charge in [-0.1, -0.05) is 30.6 Å². The van der Waals surface area contributed by atoms with Crippen LogP contribution in [0.2, 0.25) is 0 Å². The quantitative estimate of drug-likeness (QED) is 0.836. The third-order valence-electron chi connectivity index (χ3n) is 5.01. The molecule has 3 heterocycles. The van der Waals surface area contributed by atoms with Crippen LogP contribution in [0.3, 0.4) is 0 Å². The molecule has 0 bridgehead atoms. The van der Waals surface area contributed by atoms with Gasteiger partial charge in [-0.15, -0.1) is 10.2 Å². The first-order valence-corrected chi connectivity index (χ1v) is 10.0. The summed E-state index contributed by atoms with van der Waals surface area (Å²) in [7, 11) is 0. The molecule has 2 fully saturated rings. The molecule has 2 aliphatic rings. The Balaban J connectivity index is 1.34. The molecule has 2 N–H and O–H groups in total. The number of anilines is 2. The molecular weight excluding hydrogens is 350 g/mol. The number of aliphatic hydroxyl groups excluding tert-OH is 1. The van der Waals surface area contributed by atoms with Crippen LogP contribution in [0.15, 0.2) is 18.3 Å². The number of hydrogen-bond acceptors (Lipinski definition) is 7. The molecule has 0 radical (unpaired) electrons. The molecule has 138 valence electrons. The maximum atomic E-state index is 12.3. The number of nitrogens with one attached hydrogen (secondary N) is 1. The molecule has 0 atom stereocenters. The van der Waals surface area contributed by atoms with Crippen LogP contribution in [-0.2, 0) is 11.2 Å². The zero-order valence-electron chi connectivity index (χ0n) is 14.6. The Hall–Kier alpha value is -2.06. The van der Waals surface area contributed by atoms with E-state index >= 15 is 0 Å². The summed E-state index contributed by atoms with van der Waals surface area (Å²) < 4.78 is 0. The molecule has 2 aromatic rings. The first kappa shape index (κ1) is 17.4. The molecule has 7 nitrogen and oxygen atoms in total. The van der Waals surface area contributed by atoms with Gasteiger partial charge < -0.3 is 15.3 Å². The number of aromatic nitrogens is 3. The van der Waals surface area contributed by atoms with E-state index in [1.165, 1.54) is 43.4 Å². The van der Waals surface area contributed by atoms with Crippen molar-refractivity contribution in [3.05, 3.63) is 29.0 Å². The zero-order chi connectivity index (χ0) is 17.9. The second kappa shape index (κ2) is 7.67. The highest BCUT2D eigenvalue weighted by Gasteiger charge is 2.25. The molecule has 8 heteroatoms. The van der Waals surface area contributed by atoms with E-state index in [1.54, 1.807) is 6.20 Å². The van der Waals surface area contributed by atoms with Gasteiger partial charge in [0.25, 0.3) is 0 Å².